The van der Waals surface area contributed by atoms with Gasteiger partial charge in [-0.1, -0.05) is 29.8 Å². The third-order valence-electron chi connectivity index (χ3n) is 3.79. The van der Waals surface area contributed by atoms with Gasteiger partial charge < -0.3 is 15.2 Å². The molecular weight excluding hydrogens is 250 g/mol. The van der Waals surface area contributed by atoms with E-state index >= 15 is 0 Å². The first-order valence-corrected chi connectivity index (χ1v) is 6.84. The number of benzene rings is 2. The fourth-order valence-corrected chi connectivity index (χ4v) is 2.65. The molecule has 2 aromatic rings. The monoisotopic (exact) mass is 269 g/mol. The van der Waals surface area contributed by atoms with Crippen molar-refractivity contribution in [3.63, 3.8) is 0 Å². The van der Waals surface area contributed by atoms with Crippen molar-refractivity contribution < 1.29 is 9.47 Å². The van der Waals surface area contributed by atoms with Gasteiger partial charge in [-0.25, -0.2) is 0 Å². The van der Waals surface area contributed by atoms with Crippen molar-refractivity contribution in [2.24, 2.45) is 5.73 Å². The average molecular weight is 269 g/mol. The number of fused-ring (bicyclic) bond motifs is 1. The Labute approximate surface area is 119 Å². The molecular formula is C17H19NO2. The number of nitrogens with two attached hydrogens (primary N) is 1. The maximum Gasteiger partial charge on any atom is 0.126 e. The Hall–Kier alpha value is -2.00. The minimum Gasteiger partial charge on any atom is -0.497 e. The number of aryl methyl sites for hydroxylation is 1. The molecule has 0 aromatic heterocycles. The van der Waals surface area contributed by atoms with Gasteiger partial charge in [0.05, 0.1) is 7.11 Å². The first-order valence-electron chi connectivity index (χ1n) is 6.84. The molecule has 2 N–H and O–H groups in total. The maximum absolute atomic E-state index is 6.29. The number of ether oxygens (including phenoxy) is 2. The van der Waals surface area contributed by atoms with E-state index in [2.05, 4.69) is 19.1 Å². The molecule has 2 aromatic carbocycles. The Bertz CT molecular complexity index is 607. The van der Waals surface area contributed by atoms with E-state index in [9.17, 15) is 0 Å². The standard InChI is InChI=1S/C17H19NO2/c1-11-3-8-16-14(9-11)15(18)10-17(20-16)12-4-6-13(19-2)7-5-12/h3-9,15,17H,10,18H2,1-2H3. The van der Waals surface area contributed by atoms with Crippen LogP contribution >= 0.6 is 0 Å². The van der Waals surface area contributed by atoms with Crippen molar-refractivity contribution in [3.05, 3.63) is 59.2 Å². The lowest BCUT2D eigenvalue weighted by Crippen LogP contribution is -2.24. The van der Waals surface area contributed by atoms with Crippen LogP contribution in [0.5, 0.6) is 11.5 Å². The summed E-state index contributed by atoms with van der Waals surface area (Å²) in [6.45, 7) is 2.07. The van der Waals surface area contributed by atoms with Gasteiger partial charge in [-0.2, -0.15) is 0 Å². The summed E-state index contributed by atoms with van der Waals surface area (Å²) in [7, 11) is 1.67. The van der Waals surface area contributed by atoms with Gasteiger partial charge in [0.15, 0.2) is 0 Å². The van der Waals surface area contributed by atoms with Crippen LogP contribution in [0.3, 0.4) is 0 Å². The average Bonchev–Trinajstić information content (AvgIpc) is 2.48. The third kappa shape index (κ3) is 2.37. The van der Waals surface area contributed by atoms with Crippen molar-refractivity contribution in [2.75, 3.05) is 7.11 Å². The van der Waals surface area contributed by atoms with Crippen LogP contribution in [-0.2, 0) is 0 Å². The first-order chi connectivity index (χ1) is 9.67. The van der Waals surface area contributed by atoms with Crippen LogP contribution in [0, 0.1) is 6.92 Å². The Balaban J connectivity index is 1.88. The number of hydrogen-bond donors (Lipinski definition) is 1. The van der Waals surface area contributed by atoms with Gasteiger partial charge in [-0.3, -0.25) is 0 Å². The zero-order valence-corrected chi connectivity index (χ0v) is 11.8. The molecule has 1 aliphatic rings. The number of rotatable bonds is 2. The van der Waals surface area contributed by atoms with E-state index in [4.69, 9.17) is 15.2 Å². The second-order valence-electron chi connectivity index (χ2n) is 5.26. The fourth-order valence-electron chi connectivity index (χ4n) is 2.65. The number of hydrogen-bond acceptors (Lipinski definition) is 3. The molecule has 1 aliphatic heterocycles. The van der Waals surface area contributed by atoms with Crippen LogP contribution in [-0.4, -0.2) is 7.11 Å². The van der Waals surface area contributed by atoms with Gasteiger partial charge in [0.1, 0.15) is 17.6 Å². The minimum absolute atomic E-state index is 0.00566. The molecule has 2 unspecified atom stereocenters. The third-order valence-corrected chi connectivity index (χ3v) is 3.79. The minimum atomic E-state index is 0.00566. The summed E-state index contributed by atoms with van der Waals surface area (Å²) in [6.07, 6.45) is 0.800. The highest BCUT2D eigenvalue weighted by atomic mass is 16.5. The molecule has 0 radical (unpaired) electrons. The van der Waals surface area contributed by atoms with Crippen LogP contribution in [0.1, 0.15) is 35.3 Å². The van der Waals surface area contributed by atoms with Crippen LogP contribution in [0.25, 0.3) is 0 Å². The Kier molecular flexibility index (Phi) is 3.36. The summed E-state index contributed by atoms with van der Waals surface area (Å²) >= 11 is 0. The van der Waals surface area contributed by atoms with E-state index in [0.29, 0.717) is 0 Å². The lowest BCUT2D eigenvalue weighted by Gasteiger charge is -2.31. The topological polar surface area (TPSA) is 44.5 Å². The van der Waals surface area contributed by atoms with Crippen LogP contribution in [0.4, 0.5) is 0 Å². The normalized spacial score (nSPS) is 20.9. The highest BCUT2D eigenvalue weighted by Gasteiger charge is 2.27. The smallest absolute Gasteiger partial charge is 0.126 e. The molecule has 2 atom stereocenters. The summed E-state index contributed by atoms with van der Waals surface area (Å²) in [5.41, 5.74) is 9.75. The first kappa shape index (κ1) is 13.0. The van der Waals surface area contributed by atoms with Gasteiger partial charge in [-0.15, -0.1) is 0 Å². The Morgan fingerprint density at radius 2 is 1.90 bits per heavy atom. The molecule has 3 heteroatoms. The van der Waals surface area contributed by atoms with Gasteiger partial charge in [0, 0.05) is 18.0 Å². The predicted octanol–water partition coefficient (Wildman–Crippen LogP) is 3.53. The molecule has 104 valence electrons. The zero-order valence-electron chi connectivity index (χ0n) is 11.8. The van der Waals surface area contributed by atoms with E-state index in [0.717, 1.165) is 29.0 Å². The highest BCUT2D eigenvalue weighted by Crippen LogP contribution is 2.40. The molecule has 0 spiro atoms. The largest absolute Gasteiger partial charge is 0.497 e. The quantitative estimate of drug-likeness (QED) is 0.907. The second kappa shape index (κ2) is 5.17. The predicted molar refractivity (Wildman–Crippen MR) is 79.1 cm³/mol. The van der Waals surface area contributed by atoms with Crippen molar-refractivity contribution in [2.45, 2.75) is 25.5 Å². The maximum atomic E-state index is 6.29. The van der Waals surface area contributed by atoms with Crippen LogP contribution < -0.4 is 15.2 Å². The summed E-state index contributed by atoms with van der Waals surface area (Å²) < 4.78 is 11.3. The summed E-state index contributed by atoms with van der Waals surface area (Å²) in [5, 5.41) is 0. The van der Waals surface area contributed by atoms with E-state index in [-0.39, 0.29) is 12.1 Å². The Morgan fingerprint density at radius 3 is 2.60 bits per heavy atom. The van der Waals surface area contributed by atoms with Gasteiger partial charge in [-0.05, 0) is 30.7 Å². The molecule has 3 rings (SSSR count). The van der Waals surface area contributed by atoms with Crippen LogP contribution in [0.2, 0.25) is 0 Å². The van der Waals surface area contributed by atoms with E-state index in [1.165, 1.54) is 5.56 Å². The lowest BCUT2D eigenvalue weighted by molar-refractivity contribution is 0.161. The van der Waals surface area contributed by atoms with Crippen molar-refractivity contribution >= 4 is 0 Å². The van der Waals surface area contributed by atoms with Crippen molar-refractivity contribution in [1.82, 2.24) is 0 Å². The number of methoxy groups -OCH3 is 1. The molecule has 20 heavy (non-hydrogen) atoms. The van der Waals surface area contributed by atoms with Crippen LogP contribution in [0.15, 0.2) is 42.5 Å². The summed E-state index contributed by atoms with van der Waals surface area (Å²) in [4.78, 5) is 0. The lowest BCUT2D eigenvalue weighted by atomic mass is 9.92. The van der Waals surface area contributed by atoms with Gasteiger partial charge in [0.25, 0.3) is 0 Å². The van der Waals surface area contributed by atoms with Crippen molar-refractivity contribution in [3.8, 4) is 11.5 Å². The second-order valence-corrected chi connectivity index (χ2v) is 5.26. The van der Waals surface area contributed by atoms with E-state index in [1.807, 2.05) is 30.3 Å². The molecule has 0 aliphatic carbocycles. The van der Waals surface area contributed by atoms with E-state index < -0.39 is 0 Å². The molecule has 0 saturated heterocycles. The molecule has 0 fully saturated rings. The van der Waals surface area contributed by atoms with Gasteiger partial charge >= 0.3 is 0 Å². The Morgan fingerprint density at radius 1 is 1.15 bits per heavy atom. The van der Waals surface area contributed by atoms with Crippen molar-refractivity contribution in [1.29, 1.82) is 0 Å². The van der Waals surface area contributed by atoms with E-state index in [1.54, 1.807) is 7.11 Å². The molecule has 3 nitrogen and oxygen atoms in total. The van der Waals surface area contributed by atoms with Gasteiger partial charge in [0.2, 0.25) is 0 Å². The summed E-state index contributed by atoms with van der Waals surface area (Å²) in [6, 6.07) is 14.2. The molecule has 0 bridgehead atoms. The highest BCUT2D eigenvalue weighted by molar-refractivity contribution is 5.42. The molecule has 0 saturated carbocycles. The fraction of sp³-hybridized carbons (Fsp3) is 0.294. The molecule has 0 amide bonds. The zero-order chi connectivity index (χ0) is 14.1. The molecule has 1 heterocycles. The summed E-state index contributed by atoms with van der Waals surface area (Å²) in [5.74, 6) is 1.75. The SMILES string of the molecule is COc1ccc(C2CC(N)c3cc(C)ccc3O2)cc1.